The fourth-order valence-corrected chi connectivity index (χ4v) is 2.32. The van der Waals surface area contributed by atoms with Gasteiger partial charge in [-0.15, -0.1) is 10.2 Å². The Hall–Kier alpha value is -2.42. The number of benzene rings is 1. The molecular formula is C15H17F3N4O2. The van der Waals surface area contributed by atoms with E-state index in [0.717, 1.165) is 19.2 Å². The van der Waals surface area contributed by atoms with E-state index in [0.29, 0.717) is 11.6 Å². The van der Waals surface area contributed by atoms with Crippen LogP contribution < -0.4 is 0 Å². The van der Waals surface area contributed by atoms with Crippen molar-refractivity contribution in [3.05, 3.63) is 46.8 Å². The summed E-state index contributed by atoms with van der Waals surface area (Å²) in [6.45, 7) is 1.93. The van der Waals surface area contributed by atoms with Crippen molar-refractivity contribution in [2.45, 2.75) is 19.5 Å². The lowest BCUT2D eigenvalue weighted by atomic mass is 10.0. The molecule has 0 spiro atoms. The topological polar surface area (TPSA) is 60.2 Å². The molecule has 0 aliphatic heterocycles. The van der Waals surface area contributed by atoms with Crippen LogP contribution in [0.5, 0.6) is 0 Å². The summed E-state index contributed by atoms with van der Waals surface area (Å²) < 4.78 is 46.6. The molecule has 6 nitrogen and oxygen atoms in total. The molecule has 0 saturated heterocycles. The van der Waals surface area contributed by atoms with Gasteiger partial charge < -0.3 is 9.30 Å². The normalized spacial score (nSPS) is 12.5. The number of carbonyl (C=O) groups excluding carboxylic acids is 1. The fourth-order valence-electron chi connectivity index (χ4n) is 2.32. The van der Waals surface area contributed by atoms with Crippen LogP contribution in [0.25, 0.3) is 0 Å². The zero-order chi connectivity index (χ0) is 18.0. The molecule has 24 heavy (non-hydrogen) atoms. The van der Waals surface area contributed by atoms with Gasteiger partial charge in [0.15, 0.2) is 17.5 Å². The van der Waals surface area contributed by atoms with Crippen molar-refractivity contribution in [1.82, 2.24) is 19.7 Å². The van der Waals surface area contributed by atoms with Crippen LogP contribution in [-0.2, 0) is 23.1 Å². The largest absolute Gasteiger partial charge is 0.468 e. The summed E-state index contributed by atoms with van der Waals surface area (Å²) in [5.74, 6) is -3.85. The van der Waals surface area contributed by atoms with Gasteiger partial charge in [0.2, 0.25) is 0 Å². The average molecular weight is 342 g/mol. The molecule has 1 aromatic carbocycles. The molecule has 0 saturated carbocycles. The maximum Gasteiger partial charge on any atom is 0.327 e. The van der Waals surface area contributed by atoms with Crippen LogP contribution in [-0.4, -0.2) is 39.8 Å². The van der Waals surface area contributed by atoms with Gasteiger partial charge in [-0.05, 0) is 31.7 Å². The minimum absolute atomic E-state index is 0.0559. The second-order valence-electron chi connectivity index (χ2n) is 5.36. The van der Waals surface area contributed by atoms with Gasteiger partial charge in [-0.25, -0.2) is 18.0 Å². The molecule has 0 unspecified atom stereocenters. The zero-order valence-electron chi connectivity index (χ0n) is 13.7. The number of hydrogen-bond acceptors (Lipinski definition) is 5. The summed E-state index contributed by atoms with van der Waals surface area (Å²) in [6, 6.07) is 0.424. The van der Waals surface area contributed by atoms with E-state index in [4.69, 9.17) is 4.74 Å². The lowest BCUT2D eigenvalue weighted by Crippen LogP contribution is -2.32. The quantitative estimate of drug-likeness (QED) is 0.613. The molecule has 0 amide bonds. The van der Waals surface area contributed by atoms with Gasteiger partial charge in [0.25, 0.3) is 0 Å². The van der Waals surface area contributed by atoms with Crippen molar-refractivity contribution in [2.24, 2.45) is 7.05 Å². The standard InChI is InChI=1S/C15H17F3N4O2/c1-8-19-20-12(22(8)3)7-21(2)14(15(23)24-4)9-5-10(16)13(18)11(17)6-9/h5-6,14H,7H2,1-4H3/t14-/m0/s1. The maximum absolute atomic E-state index is 13.5. The van der Waals surface area contributed by atoms with Crippen LogP contribution >= 0.6 is 0 Å². The molecule has 0 bridgehead atoms. The monoisotopic (exact) mass is 342 g/mol. The molecule has 130 valence electrons. The molecule has 0 aliphatic rings. The van der Waals surface area contributed by atoms with Crippen molar-refractivity contribution in [3.8, 4) is 0 Å². The molecule has 0 aliphatic carbocycles. The van der Waals surface area contributed by atoms with E-state index >= 15 is 0 Å². The van der Waals surface area contributed by atoms with E-state index in [1.807, 2.05) is 0 Å². The predicted molar refractivity (Wildman–Crippen MR) is 78.3 cm³/mol. The first-order chi connectivity index (χ1) is 11.3. The number of likely N-dealkylation sites (N-methyl/N-ethyl adjacent to an activating group) is 1. The van der Waals surface area contributed by atoms with Crippen molar-refractivity contribution in [3.63, 3.8) is 0 Å². The van der Waals surface area contributed by atoms with Crippen LogP contribution in [0.15, 0.2) is 12.1 Å². The van der Waals surface area contributed by atoms with Gasteiger partial charge >= 0.3 is 5.97 Å². The molecule has 1 aromatic heterocycles. The van der Waals surface area contributed by atoms with E-state index in [9.17, 15) is 18.0 Å². The number of rotatable bonds is 5. The number of halogens is 3. The number of methoxy groups -OCH3 is 1. The van der Waals surface area contributed by atoms with Crippen LogP contribution in [0.2, 0.25) is 0 Å². The molecule has 1 atom stereocenters. The van der Waals surface area contributed by atoms with E-state index < -0.39 is 29.5 Å². The van der Waals surface area contributed by atoms with Crippen LogP contribution in [0, 0.1) is 24.4 Å². The third-order valence-corrected chi connectivity index (χ3v) is 3.76. The van der Waals surface area contributed by atoms with Gasteiger partial charge in [0, 0.05) is 7.05 Å². The Morgan fingerprint density at radius 3 is 2.33 bits per heavy atom. The summed E-state index contributed by atoms with van der Waals surface area (Å²) >= 11 is 0. The first-order valence-corrected chi connectivity index (χ1v) is 7.03. The maximum atomic E-state index is 13.5. The number of hydrogen-bond donors (Lipinski definition) is 0. The Kier molecular flexibility index (Phi) is 5.23. The van der Waals surface area contributed by atoms with Crippen LogP contribution in [0.3, 0.4) is 0 Å². The van der Waals surface area contributed by atoms with Crippen molar-refractivity contribution < 1.29 is 22.7 Å². The lowest BCUT2D eigenvalue weighted by Gasteiger charge is -2.26. The van der Waals surface area contributed by atoms with Crippen LogP contribution in [0.1, 0.15) is 23.3 Å². The van der Waals surface area contributed by atoms with E-state index in [-0.39, 0.29) is 12.1 Å². The first kappa shape index (κ1) is 17.9. The molecule has 0 radical (unpaired) electrons. The highest BCUT2D eigenvalue weighted by Gasteiger charge is 2.29. The second-order valence-corrected chi connectivity index (χ2v) is 5.36. The second kappa shape index (κ2) is 7.00. The van der Waals surface area contributed by atoms with E-state index in [1.54, 1.807) is 25.6 Å². The number of ether oxygens (including phenoxy) is 1. The number of carbonyl (C=O) groups is 1. The fraction of sp³-hybridized carbons (Fsp3) is 0.400. The third kappa shape index (κ3) is 3.40. The number of aryl methyl sites for hydroxylation is 1. The Morgan fingerprint density at radius 2 is 1.88 bits per heavy atom. The molecule has 2 rings (SSSR count). The van der Waals surface area contributed by atoms with E-state index in [2.05, 4.69) is 10.2 Å². The van der Waals surface area contributed by atoms with Gasteiger partial charge in [0.1, 0.15) is 17.7 Å². The molecular weight excluding hydrogens is 325 g/mol. The summed E-state index contributed by atoms with van der Waals surface area (Å²) in [5.41, 5.74) is -0.0559. The Morgan fingerprint density at radius 1 is 1.29 bits per heavy atom. The Labute approximate surface area is 136 Å². The lowest BCUT2D eigenvalue weighted by molar-refractivity contribution is -0.147. The number of aromatic nitrogens is 3. The highest BCUT2D eigenvalue weighted by molar-refractivity contribution is 5.77. The summed E-state index contributed by atoms with van der Waals surface area (Å²) in [7, 11) is 4.47. The first-order valence-electron chi connectivity index (χ1n) is 7.03. The summed E-state index contributed by atoms with van der Waals surface area (Å²) in [4.78, 5) is 13.6. The van der Waals surface area contributed by atoms with Crippen LogP contribution in [0.4, 0.5) is 13.2 Å². The molecule has 1 heterocycles. The minimum atomic E-state index is -1.59. The SMILES string of the molecule is COC(=O)[C@H](c1cc(F)c(F)c(F)c1)N(C)Cc1nnc(C)n1C. The summed E-state index contributed by atoms with van der Waals surface area (Å²) in [6.07, 6.45) is 0. The number of esters is 1. The van der Waals surface area contributed by atoms with Crippen molar-refractivity contribution in [1.29, 1.82) is 0 Å². The number of nitrogens with zero attached hydrogens (tertiary/aromatic N) is 4. The molecule has 0 fully saturated rings. The summed E-state index contributed by atoms with van der Waals surface area (Å²) in [5, 5.41) is 7.88. The van der Waals surface area contributed by atoms with E-state index in [1.165, 1.54) is 4.90 Å². The van der Waals surface area contributed by atoms with Gasteiger partial charge in [-0.1, -0.05) is 0 Å². The zero-order valence-corrected chi connectivity index (χ0v) is 13.7. The predicted octanol–water partition coefficient (Wildman–Crippen LogP) is 1.89. The Bertz CT molecular complexity index is 740. The smallest absolute Gasteiger partial charge is 0.327 e. The highest BCUT2D eigenvalue weighted by Crippen LogP contribution is 2.25. The molecule has 9 heteroatoms. The molecule has 0 N–H and O–H groups in total. The van der Waals surface area contributed by atoms with Crippen molar-refractivity contribution >= 4 is 5.97 Å². The van der Waals surface area contributed by atoms with Gasteiger partial charge in [0.05, 0.1) is 13.7 Å². The average Bonchev–Trinajstić information content (AvgIpc) is 2.84. The highest BCUT2D eigenvalue weighted by atomic mass is 19.2. The third-order valence-electron chi connectivity index (χ3n) is 3.76. The Balaban J connectivity index is 2.38. The molecule has 2 aromatic rings. The van der Waals surface area contributed by atoms with Gasteiger partial charge in [-0.3, -0.25) is 4.90 Å². The minimum Gasteiger partial charge on any atom is -0.468 e. The van der Waals surface area contributed by atoms with Crippen molar-refractivity contribution in [2.75, 3.05) is 14.2 Å². The van der Waals surface area contributed by atoms with Gasteiger partial charge in [-0.2, -0.15) is 0 Å².